The maximum absolute atomic E-state index is 11.7. The van der Waals surface area contributed by atoms with Gasteiger partial charge in [0, 0.05) is 12.5 Å². The summed E-state index contributed by atoms with van der Waals surface area (Å²) in [7, 11) is 0. The van der Waals surface area contributed by atoms with Crippen LogP contribution in [0.5, 0.6) is 0 Å². The summed E-state index contributed by atoms with van der Waals surface area (Å²) in [6.45, 7) is 1.19. The zero-order valence-electron chi connectivity index (χ0n) is 9.45. The van der Waals surface area contributed by atoms with Crippen LogP contribution in [0, 0.1) is 11.8 Å². The van der Waals surface area contributed by atoms with Crippen molar-refractivity contribution in [3.8, 4) is 0 Å². The van der Waals surface area contributed by atoms with Crippen LogP contribution in [0.15, 0.2) is 0 Å². The summed E-state index contributed by atoms with van der Waals surface area (Å²) >= 11 is 0. The zero-order chi connectivity index (χ0) is 12.0. The lowest BCUT2D eigenvalue weighted by Gasteiger charge is -2.25. The third-order valence-electron chi connectivity index (χ3n) is 3.13. The van der Waals surface area contributed by atoms with E-state index in [0.717, 1.165) is 6.42 Å². The van der Waals surface area contributed by atoms with E-state index in [1.54, 1.807) is 0 Å². The number of aliphatic carboxylic acids is 1. The second-order valence-corrected chi connectivity index (χ2v) is 4.32. The van der Waals surface area contributed by atoms with Crippen molar-refractivity contribution >= 4 is 11.9 Å². The van der Waals surface area contributed by atoms with E-state index < -0.39 is 5.97 Å². The van der Waals surface area contributed by atoms with Crippen LogP contribution in [0.2, 0.25) is 0 Å². The zero-order valence-corrected chi connectivity index (χ0v) is 9.45. The quantitative estimate of drug-likeness (QED) is 0.592. The molecule has 1 aliphatic rings. The molecule has 1 amide bonds. The van der Waals surface area contributed by atoms with Crippen LogP contribution in [-0.2, 0) is 9.59 Å². The predicted octanol–water partition coefficient (Wildman–Crippen LogP) is 0.342. The smallest absolute Gasteiger partial charge is 0.306 e. The molecule has 0 radical (unpaired) electrons. The van der Waals surface area contributed by atoms with Gasteiger partial charge >= 0.3 is 5.97 Å². The lowest BCUT2D eigenvalue weighted by atomic mass is 9.81. The normalized spacial score (nSPS) is 25.1. The van der Waals surface area contributed by atoms with Gasteiger partial charge in [-0.25, -0.2) is 0 Å². The largest absolute Gasteiger partial charge is 0.481 e. The van der Waals surface area contributed by atoms with E-state index >= 15 is 0 Å². The predicted molar refractivity (Wildman–Crippen MR) is 59.8 cm³/mol. The number of rotatable bonds is 5. The molecule has 92 valence electrons. The summed E-state index contributed by atoms with van der Waals surface area (Å²) in [5.74, 6) is -0.944. The topological polar surface area (TPSA) is 92.4 Å². The van der Waals surface area contributed by atoms with Gasteiger partial charge in [0.1, 0.15) is 0 Å². The van der Waals surface area contributed by atoms with Gasteiger partial charge in [0.05, 0.1) is 5.92 Å². The average Bonchev–Trinajstić information content (AvgIpc) is 2.29. The first-order valence-corrected chi connectivity index (χ1v) is 5.85. The van der Waals surface area contributed by atoms with Gasteiger partial charge in [-0.1, -0.05) is 0 Å². The molecule has 1 saturated carbocycles. The first-order valence-electron chi connectivity index (χ1n) is 5.85. The number of hydrogen-bond acceptors (Lipinski definition) is 3. The Kier molecular flexibility index (Phi) is 5.25. The Labute approximate surface area is 95.4 Å². The molecule has 0 aromatic carbocycles. The van der Waals surface area contributed by atoms with Crippen molar-refractivity contribution in [2.75, 3.05) is 13.1 Å². The van der Waals surface area contributed by atoms with Gasteiger partial charge in [-0.15, -0.1) is 0 Å². The fourth-order valence-electron chi connectivity index (χ4n) is 2.06. The minimum absolute atomic E-state index is 0.00613. The number of nitrogens with two attached hydrogens (primary N) is 1. The Morgan fingerprint density at radius 3 is 2.25 bits per heavy atom. The van der Waals surface area contributed by atoms with Gasteiger partial charge in [0.2, 0.25) is 5.91 Å². The molecule has 0 heterocycles. The summed E-state index contributed by atoms with van der Waals surface area (Å²) in [6, 6.07) is 0. The summed E-state index contributed by atoms with van der Waals surface area (Å²) in [4.78, 5) is 22.4. The van der Waals surface area contributed by atoms with E-state index in [4.69, 9.17) is 10.8 Å². The average molecular weight is 228 g/mol. The van der Waals surface area contributed by atoms with Crippen molar-refractivity contribution in [2.45, 2.75) is 32.1 Å². The molecule has 0 aromatic rings. The monoisotopic (exact) mass is 228 g/mol. The van der Waals surface area contributed by atoms with Gasteiger partial charge in [-0.2, -0.15) is 0 Å². The summed E-state index contributed by atoms with van der Waals surface area (Å²) in [5.41, 5.74) is 5.33. The van der Waals surface area contributed by atoms with Gasteiger partial charge in [0.15, 0.2) is 0 Å². The lowest BCUT2D eigenvalue weighted by molar-refractivity contribution is -0.144. The minimum Gasteiger partial charge on any atom is -0.481 e. The molecule has 5 heteroatoms. The summed E-state index contributed by atoms with van der Waals surface area (Å²) in [6.07, 6.45) is 3.39. The van der Waals surface area contributed by atoms with Crippen molar-refractivity contribution in [2.24, 2.45) is 17.6 Å². The Balaban J connectivity index is 2.25. The highest BCUT2D eigenvalue weighted by Crippen LogP contribution is 2.28. The Morgan fingerprint density at radius 2 is 1.75 bits per heavy atom. The fourth-order valence-corrected chi connectivity index (χ4v) is 2.06. The van der Waals surface area contributed by atoms with Crippen LogP contribution < -0.4 is 11.1 Å². The number of carbonyl (C=O) groups is 2. The van der Waals surface area contributed by atoms with Crippen LogP contribution in [0.4, 0.5) is 0 Å². The highest BCUT2D eigenvalue weighted by molar-refractivity contribution is 5.79. The van der Waals surface area contributed by atoms with Crippen LogP contribution >= 0.6 is 0 Å². The van der Waals surface area contributed by atoms with Crippen molar-refractivity contribution in [3.63, 3.8) is 0 Å². The van der Waals surface area contributed by atoms with E-state index in [9.17, 15) is 9.59 Å². The summed E-state index contributed by atoms with van der Waals surface area (Å²) in [5, 5.41) is 11.7. The van der Waals surface area contributed by atoms with E-state index in [1.165, 1.54) is 0 Å². The second kappa shape index (κ2) is 6.48. The van der Waals surface area contributed by atoms with E-state index in [0.29, 0.717) is 38.8 Å². The molecule has 1 rings (SSSR count). The maximum Gasteiger partial charge on any atom is 0.306 e. The number of amides is 1. The van der Waals surface area contributed by atoms with Crippen molar-refractivity contribution < 1.29 is 14.7 Å². The molecule has 0 bridgehead atoms. The molecule has 1 aliphatic carbocycles. The molecule has 0 atom stereocenters. The molecule has 0 spiro atoms. The van der Waals surface area contributed by atoms with Crippen LogP contribution in [0.1, 0.15) is 32.1 Å². The van der Waals surface area contributed by atoms with Crippen LogP contribution in [0.3, 0.4) is 0 Å². The molecule has 0 saturated heterocycles. The maximum atomic E-state index is 11.7. The van der Waals surface area contributed by atoms with Crippen molar-refractivity contribution in [1.82, 2.24) is 5.32 Å². The first-order chi connectivity index (χ1) is 7.65. The SMILES string of the molecule is NCCCNC(=O)C1CCC(C(=O)O)CC1. The Morgan fingerprint density at radius 1 is 1.19 bits per heavy atom. The van der Waals surface area contributed by atoms with Crippen molar-refractivity contribution in [1.29, 1.82) is 0 Å². The minimum atomic E-state index is -0.734. The van der Waals surface area contributed by atoms with Crippen LogP contribution in [-0.4, -0.2) is 30.1 Å². The van der Waals surface area contributed by atoms with Crippen molar-refractivity contribution in [3.05, 3.63) is 0 Å². The highest BCUT2D eigenvalue weighted by atomic mass is 16.4. The standard InChI is InChI=1S/C11H20N2O3/c12-6-1-7-13-10(14)8-2-4-9(5-3-8)11(15)16/h8-9H,1-7,12H2,(H,13,14)(H,15,16). The molecular weight excluding hydrogens is 208 g/mol. The van der Waals surface area contributed by atoms with Gasteiger partial charge < -0.3 is 16.2 Å². The number of carbonyl (C=O) groups excluding carboxylic acids is 1. The van der Waals surface area contributed by atoms with E-state index in [-0.39, 0.29) is 17.7 Å². The third-order valence-corrected chi connectivity index (χ3v) is 3.13. The Bertz CT molecular complexity index is 248. The molecule has 1 fully saturated rings. The van der Waals surface area contributed by atoms with Crippen LogP contribution in [0.25, 0.3) is 0 Å². The fraction of sp³-hybridized carbons (Fsp3) is 0.818. The first kappa shape index (κ1) is 13.0. The number of carboxylic acid groups (broad SMARTS) is 1. The molecule has 4 N–H and O–H groups in total. The Hall–Kier alpha value is -1.10. The summed E-state index contributed by atoms with van der Waals surface area (Å²) < 4.78 is 0. The molecule has 0 aromatic heterocycles. The molecular formula is C11H20N2O3. The number of hydrogen-bond donors (Lipinski definition) is 3. The number of nitrogens with one attached hydrogen (secondary N) is 1. The van der Waals surface area contributed by atoms with Gasteiger partial charge in [-0.3, -0.25) is 9.59 Å². The second-order valence-electron chi connectivity index (χ2n) is 4.32. The van der Waals surface area contributed by atoms with E-state index in [2.05, 4.69) is 5.32 Å². The lowest BCUT2D eigenvalue weighted by Crippen LogP contribution is -2.35. The molecule has 16 heavy (non-hydrogen) atoms. The molecule has 0 aliphatic heterocycles. The highest BCUT2D eigenvalue weighted by Gasteiger charge is 2.29. The van der Waals surface area contributed by atoms with Gasteiger partial charge in [0.25, 0.3) is 0 Å². The molecule has 5 nitrogen and oxygen atoms in total. The number of carboxylic acids is 1. The van der Waals surface area contributed by atoms with E-state index in [1.807, 2.05) is 0 Å². The van der Waals surface area contributed by atoms with Gasteiger partial charge in [-0.05, 0) is 38.6 Å². The molecule has 0 unspecified atom stereocenters. The third kappa shape index (κ3) is 3.81.